The second-order valence-corrected chi connectivity index (χ2v) is 5.22. The molecule has 0 bridgehead atoms. The molecule has 1 unspecified atom stereocenters. The van der Waals surface area contributed by atoms with Crippen LogP contribution in [0.25, 0.3) is 0 Å². The number of hydrogen-bond acceptors (Lipinski definition) is 2. The van der Waals surface area contributed by atoms with Crippen LogP contribution in [-0.4, -0.2) is 22.1 Å². The number of nitrogens with one attached hydrogen (secondary N) is 1. The van der Waals surface area contributed by atoms with Crippen LogP contribution in [0.15, 0.2) is 12.4 Å². The molecule has 1 N–H and O–H groups in total. The normalized spacial score (nSPS) is 13.2. The lowest BCUT2D eigenvalue weighted by molar-refractivity contribution is 0.413. The molecule has 98 valence electrons. The highest BCUT2D eigenvalue weighted by Crippen LogP contribution is 2.11. The van der Waals surface area contributed by atoms with E-state index in [1.165, 1.54) is 25.1 Å². The molecule has 3 nitrogen and oxygen atoms in total. The summed E-state index contributed by atoms with van der Waals surface area (Å²) in [7, 11) is 2.07. The summed E-state index contributed by atoms with van der Waals surface area (Å²) in [6.45, 7) is 7.83. The van der Waals surface area contributed by atoms with E-state index >= 15 is 0 Å². The zero-order chi connectivity index (χ0) is 12.7. The van der Waals surface area contributed by atoms with Crippen molar-refractivity contribution in [1.29, 1.82) is 0 Å². The summed E-state index contributed by atoms with van der Waals surface area (Å²) in [5, 5.41) is 3.58. The third-order valence-electron chi connectivity index (χ3n) is 3.22. The second kappa shape index (κ2) is 7.49. The molecule has 1 aromatic heterocycles. The number of imidazole rings is 1. The Morgan fingerprint density at radius 3 is 2.59 bits per heavy atom. The van der Waals surface area contributed by atoms with Crippen LogP contribution < -0.4 is 5.32 Å². The van der Waals surface area contributed by atoms with Crippen molar-refractivity contribution in [3.8, 4) is 0 Å². The van der Waals surface area contributed by atoms with Gasteiger partial charge in [0.25, 0.3) is 0 Å². The van der Waals surface area contributed by atoms with Crippen LogP contribution in [0.5, 0.6) is 0 Å². The molecular weight excluding hydrogens is 210 g/mol. The quantitative estimate of drug-likeness (QED) is 0.753. The zero-order valence-corrected chi connectivity index (χ0v) is 11.7. The first-order valence-corrected chi connectivity index (χ1v) is 6.83. The minimum absolute atomic E-state index is 0.638. The van der Waals surface area contributed by atoms with Crippen molar-refractivity contribution < 1.29 is 0 Å². The van der Waals surface area contributed by atoms with Gasteiger partial charge in [-0.2, -0.15) is 0 Å². The summed E-state index contributed by atoms with van der Waals surface area (Å²) in [5.74, 6) is 1.99. The first kappa shape index (κ1) is 14.2. The molecule has 1 rings (SSSR count). The number of aryl methyl sites for hydroxylation is 2. The maximum atomic E-state index is 4.38. The fraction of sp³-hybridized carbons (Fsp3) is 0.786. The molecule has 1 atom stereocenters. The highest BCUT2D eigenvalue weighted by Gasteiger charge is 2.10. The molecule has 0 fully saturated rings. The molecule has 0 aromatic carbocycles. The average Bonchev–Trinajstić information content (AvgIpc) is 2.68. The van der Waals surface area contributed by atoms with Crippen LogP contribution >= 0.6 is 0 Å². The van der Waals surface area contributed by atoms with Gasteiger partial charge in [0, 0.05) is 31.9 Å². The SMILES string of the molecule is CCNC(CCc1nccn1C)CCC(C)C. The molecule has 0 saturated heterocycles. The van der Waals surface area contributed by atoms with Gasteiger partial charge in [0.15, 0.2) is 0 Å². The lowest BCUT2D eigenvalue weighted by Crippen LogP contribution is -2.30. The molecule has 1 aromatic rings. The third kappa shape index (κ3) is 5.35. The molecule has 0 aliphatic carbocycles. The third-order valence-corrected chi connectivity index (χ3v) is 3.22. The van der Waals surface area contributed by atoms with Gasteiger partial charge in [-0.05, 0) is 31.7 Å². The van der Waals surface area contributed by atoms with Crippen molar-refractivity contribution in [3.63, 3.8) is 0 Å². The molecular formula is C14H27N3. The van der Waals surface area contributed by atoms with E-state index in [1.54, 1.807) is 0 Å². The molecule has 1 heterocycles. The van der Waals surface area contributed by atoms with E-state index in [-0.39, 0.29) is 0 Å². The molecule has 17 heavy (non-hydrogen) atoms. The van der Waals surface area contributed by atoms with Crippen LogP contribution in [0, 0.1) is 5.92 Å². The van der Waals surface area contributed by atoms with E-state index in [0.717, 1.165) is 18.9 Å². The topological polar surface area (TPSA) is 29.9 Å². The highest BCUT2D eigenvalue weighted by atomic mass is 15.0. The van der Waals surface area contributed by atoms with Crippen molar-refractivity contribution >= 4 is 0 Å². The van der Waals surface area contributed by atoms with E-state index in [0.29, 0.717) is 6.04 Å². The Hall–Kier alpha value is -0.830. The lowest BCUT2D eigenvalue weighted by atomic mass is 10.00. The van der Waals surface area contributed by atoms with Gasteiger partial charge in [-0.15, -0.1) is 0 Å². The Bertz CT molecular complexity index is 304. The lowest BCUT2D eigenvalue weighted by Gasteiger charge is -2.18. The zero-order valence-electron chi connectivity index (χ0n) is 11.7. The number of nitrogens with zero attached hydrogens (tertiary/aromatic N) is 2. The van der Waals surface area contributed by atoms with E-state index in [1.807, 2.05) is 12.4 Å². The fourth-order valence-electron chi connectivity index (χ4n) is 2.11. The van der Waals surface area contributed by atoms with Crippen LogP contribution in [0.1, 0.15) is 45.9 Å². The van der Waals surface area contributed by atoms with Gasteiger partial charge < -0.3 is 9.88 Å². The van der Waals surface area contributed by atoms with Gasteiger partial charge in [0.2, 0.25) is 0 Å². The molecule has 0 amide bonds. The van der Waals surface area contributed by atoms with Crippen LogP contribution in [0.3, 0.4) is 0 Å². The summed E-state index contributed by atoms with van der Waals surface area (Å²) in [6, 6.07) is 0.638. The summed E-state index contributed by atoms with van der Waals surface area (Å²) < 4.78 is 2.12. The monoisotopic (exact) mass is 237 g/mol. The average molecular weight is 237 g/mol. The summed E-state index contributed by atoms with van der Waals surface area (Å²) in [6.07, 6.45) is 8.73. The van der Waals surface area contributed by atoms with Crippen LogP contribution in [0.4, 0.5) is 0 Å². The standard InChI is InChI=1S/C14H27N3/c1-5-15-13(7-6-12(2)3)8-9-14-16-10-11-17(14)4/h10-13,15H,5-9H2,1-4H3. The largest absolute Gasteiger partial charge is 0.338 e. The molecule has 0 radical (unpaired) electrons. The summed E-state index contributed by atoms with van der Waals surface area (Å²) >= 11 is 0. The second-order valence-electron chi connectivity index (χ2n) is 5.22. The number of hydrogen-bond donors (Lipinski definition) is 1. The molecule has 0 aliphatic rings. The minimum Gasteiger partial charge on any atom is -0.338 e. The molecule has 0 aliphatic heterocycles. The predicted molar refractivity (Wildman–Crippen MR) is 73.1 cm³/mol. The molecule has 0 spiro atoms. The van der Waals surface area contributed by atoms with Crippen molar-refractivity contribution in [3.05, 3.63) is 18.2 Å². The Morgan fingerprint density at radius 1 is 1.29 bits per heavy atom. The van der Waals surface area contributed by atoms with Crippen molar-refractivity contribution in [2.24, 2.45) is 13.0 Å². The van der Waals surface area contributed by atoms with E-state index in [2.05, 4.69) is 42.7 Å². The van der Waals surface area contributed by atoms with E-state index in [9.17, 15) is 0 Å². The first-order chi connectivity index (χ1) is 8.13. The minimum atomic E-state index is 0.638. The van der Waals surface area contributed by atoms with Crippen LogP contribution in [-0.2, 0) is 13.5 Å². The Kier molecular flexibility index (Phi) is 6.27. The summed E-state index contributed by atoms with van der Waals surface area (Å²) in [4.78, 5) is 4.38. The molecule has 3 heteroatoms. The van der Waals surface area contributed by atoms with E-state index < -0.39 is 0 Å². The predicted octanol–water partition coefficient (Wildman–Crippen LogP) is 2.77. The maximum Gasteiger partial charge on any atom is 0.108 e. The van der Waals surface area contributed by atoms with Gasteiger partial charge in [-0.3, -0.25) is 0 Å². The smallest absolute Gasteiger partial charge is 0.108 e. The Balaban J connectivity index is 2.36. The van der Waals surface area contributed by atoms with Gasteiger partial charge in [-0.25, -0.2) is 4.98 Å². The van der Waals surface area contributed by atoms with Crippen molar-refractivity contribution in [1.82, 2.24) is 14.9 Å². The Morgan fingerprint density at radius 2 is 2.06 bits per heavy atom. The first-order valence-electron chi connectivity index (χ1n) is 6.83. The number of rotatable bonds is 8. The number of aromatic nitrogens is 2. The maximum absolute atomic E-state index is 4.38. The highest BCUT2D eigenvalue weighted by molar-refractivity contribution is 4.92. The van der Waals surface area contributed by atoms with Gasteiger partial charge in [0.05, 0.1) is 0 Å². The molecule has 0 saturated carbocycles. The van der Waals surface area contributed by atoms with Crippen molar-refractivity contribution in [2.75, 3.05) is 6.54 Å². The fourth-order valence-corrected chi connectivity index (χ4v) is 2.11. The van der Waals surface area contributed by atoms with E-state index in [4.69, 9.17) is 0 Å². The van der Waals surface area contributed by atoms with Gasteiger partial charge in [-0.1, -0.05) is 20.8 Å². The van der Waals surface area contributed by atoms with Crippen LogP contribution in [0.2, 0.25) is 0 Å². The Labute approximate surface area is 106 Å². The van der Waals surface area contributed by atoms with Crippen molar-refractivity contribution in [2.45, 2.75) is 52.5 Å². The van der Waals surface area contributed by atoms with Gasteiger partial charge >= 0.3 is 0 Å². The summed E-state index contributed by atoms with van der Waals surface area (Å²) in [5.41, 5.74) is 0. The van der Waals surface area contributed by atoms with Gasteiger partial charge in [0.1, 0.15) is 5.82 Å².